The molecule has 0 amide bonds. The summed E-state index contributed by atoms with van der Waals surface area (Å²) >= 11 is 0. The van der Waals surface area contributed by atoms with Gasteiger partial charge in [-0.25, -0.2) is 0 Å². The number of aromatic nitrogens is 2. The minimum Gasteiger partial charge on any atom is -0.361 e. The van der Waals surface area contributed by atoms with Crippen LogP contribution in [0, 0.1) is 0 Å². The minimum atomic E-state index is -0.0997. The van der Waals surface area contributed by atoms with E-state index in [-0.39, 0.29) is 11.6 Å². The van der Waals surface area contributed by atoms with Crippen LogP contribution in [-0.4, -0.2) is 9.13 Å². The molecular formula is C58H43N3. The number of hydrogen-bond donors (Lipinski definition) is 1. The summed E-state index contributed by atoms with van der Waals surface area (Å²) in [5, 5.41) is 9.18. The third kappa shape index (κ3) is 4.98. The van der Waals surface area contributed by atoms with Gasteiger partial charge in [-0.05, 0) is 135 Å². The molecule has 0 spiro atoms. The van der Waals surface area contributed by atoms with Gasteiger partial charge in [-0.1, -0.05) is 135 Å². The van der Waals surface area contributed by atoms with E-state index in [4.69, 9.17) is 0 Å². The van der Waals surface area contributed by atoms with E-state index >= 15 is 0 Å². The molecule has 290 valence electrons. The Kier molecular flexibility index (Phi) is 7.25. The topological polar surface area (TPSA) is 21.9 Å². The zero-order valence-corrected chi connectivity index (χ0v) is 34.3. The number of allylic oxidation sites excluding steroid dienone is 1. The molecule has 3 heterocycles. The van der Waals surface area contributed by atoms with E-state index < -0.39 is 0 Å². The van der Waals surface area contributed by atoms with E-state index in [2.05, 4.69) is 216 Å². The van der Waals surface area contributed by atoms with Crippen LogP contribution in [-0.2, 0) is 11.8 Å². The molecule has 8 aromatic carbocycles. The summed E-state index contributed by atoms with van der Waals surface area (Å²) < 4.78 is 4.96. The lowest BCUT2D eigenvalue weighted by Crippen LogP contribution is -2.21. The number of nitrogens with one attached hydrogen (secondary N) is 1. The molecule has 2 aliphatic carbocycles. The molecule has 61 heavy (non-hydrogen) atoms. The lowest BCUT2D eigenvalue weighted by molar-refractivity contribution is 0.660. The van der Waals surface area contributed by atoms with Crippen molar-refractivity contribution in [1.82, 2.24) is 9.13 Å². The smallest absolute Gasteiger partial charge is 0.124 e. The van der Waals surface area contributed by atoms with E-state index in [9.17, 15) is 0 Å². The Morgan fingerprint density at radius 3 is 2.11 bits per heavy atom. The Labute approximate surface area is 355 Å². The number of anilines is 1. The minimum absolute atomic E-state index is 0.0703. The van der Waals surface area contributed by atoms with Crippen LogP contribution < -0.4 is 5.32 Å². The van der Waals surface area contributed by atoms with Gasteiger partial charge in [0.1, 0.15) is 6.17 Å². The fourth-order valence-corrected chi connectivity index (χ4v) is 11.1. The lowest BCUT2D eigenvalue weighted by atomic mass is 9.81. The third-order valence-electron chi connectivity index (χ3n) is 14.0. The average molecular weight is 782 g/mol. The fourth-order valence-electron chi connectivity index (χ4n) is 11.1. The molecule has 0 saturated carbocycles. The van der Waals surface area contributed by atoms with Crippen molar-refractivity contribution in [3.8, 4) is 27.9 Å². The molecular weight excluding hydrogens is 739 g/mol. The maximum Gasteiger partial charge on any atom is 0.124 e. The van der Waals surface area contributed by atoms with Gasteiger partial charge >= 0.3 is 0 Å². The molecule has 0 bridgehead atoms. The molecule has 0 fully saturated rings. The van der Waals surface area contributed by atoms with Gasteiger partial charge in [0, 0.05) is 43.9 Å². The summed E-state index contributed by atoms with van der Waals surface area (Å²) in [7, 11) is 0. The van der Waals surface area contributed by atoms with Crippen LogP contribution in [0.4, 0.5) is 5.69 Å². The Bertz CT molecular complexity index is 3540. The standard InChI is InChI=1S/C58H43N3/c1-58(2)49-21-11-8-18-42(49)43-28-24-39(34-50(43)58)46-35-56(59-51-22-12-9-19-44(46)51)61-52-23-13-10-20-45(52)47-32-37(26-29-53(47)61)38-27-30-54-48(33-38)57-41-17-7-6-14-36(41)25-31-55(57)60(54)40-15-4-3-5-16-40/h3-6,8-16,18-35,56,59H,7,17H2,1-2H3. The van der Waals surface area contributed by atoms with Crippen molar-refractivity contribution >= 4 is 60.9 Å². The van der Waals surface area contributed by atoms with E-state index in [1.165, 1.54) is 111 Å². The van der Waals surface area contributed by atoms with Crippen molar-refractivity contribution in [2.75, 3.05) is 5.32 Å². The van der Waals surface area contributed by atoms with Gasteiger partial charge in [-0.3, -0.25) is 0 Å². The molecule has 1 unspecified atom stereocenters. The van der Waals surface area contributed by atoms with Crippen LogP contribution in [0.5, 0.6) is 0 Å². The lowest BCUT2D eigenvalue weighted by Gasteiger charge is -2.29. The highest BCUT2D eigenvalue weighted by Crippen LogP contribution is 2.50. The van der Waals surface area contributed by atoms with Crippen LogP contribution in [0.3, 0.4) is 0 Å². The van der Waals surface area contributed by atoms with Gasteiger partial charge in [0.05, 0.1) is 22.1 Å². The average Bonchev–Trinajstić information content (AvgIpc) is 3.91. The molecule has 2 aromatic heterocycles. The van der Waals surface area contributed by atoms with Crippen molar-refractivity contribution in [1.29, 1.82) is 0 Å². The van der Waals surface area contributed by atoms with Crippen LogP contribution in [0.25, 0.3) is 83.2 Å². The summed E-state index contributed by atoms with van der Waals surface area (Å²) in [6.45, 7) is 4.74. The van der Waals surface area contributed by atoms with Crippen molar-refractivity contribution in [2.24, 2.45) is 0 Å². The molecule has 10 aromatic rings. The Balaban J connectivity index is 0.969. The van der Waals surface area contributed by atoms with Crippen molar-refractivity contribution in [3.63, 3.8) is 0 Å². The first kappa shape index (κ1) is 34.5. The fraction of sp³-hybridized carbons (Fsp3) is 0.103. The van der Waals surface area contributed by atoms with Crippen molar-refractivity contribution in [3.05, 3.63) is 215 Å². The van der Waals surface area contributed by atoms with Crippen LogP contribution in [0.2, 0.25) is 0 Å². The molecule has 13 rings (SSSR count). The van der Waals surface area contributed by atoms with E-state index in [1.807, 2.05) is 0 Å². The van der Waals surface area contributed by atoms with Gasteiger partial charge in [0.2, 0.25) is 0 Å². The van der Waals surface area contributed by atoms with Gasteiger partial charge in [0.15, 0.2) is 0 Å². The second-order valence-electron chi connectivity index (χ2n) is 17.6. The monoisotopic (exact) mass is 781 g/mol. The van der Waals surface area contributed by atoms with Crippen LogP contribution in [0.1, 0.15) is 59.8 Å². The summed E-state index contributed by atoms with van der Waals surface area (Å²) in [5.41, 5.74) is 21.7. The number of aryl methyl sites for hydroxylation is 1. The molecule has 1 atom stereocenters. The van der Waals surface area contributed by atoms with Gasteiger partial charge < -0.3 is 14.5 Å². The maximum atomic E-state index is 3.97. The summed E-state index contributed by atoms with van der Waals surface area (Å²) in [5.74, 6) is 0. The first-order valence-electron chi connectivity index (χ1n) is 21.7. The van der Waals surface area contributed by atoms with E-state index in [0.29, 0.717) is 0 Å². The highest BCUT2D eigenvalue weighted by Gasteiger charge is 2.36. The Morgan fingerprint density at radius 2 is 1.23 bits per heavy atom. The van der Waals surface area contributed by atoms with Gasteiger partial charge in [0.25, 0.3) is 0 Å². The predicted octanol–water partition coefficient (Wildman–Crippen LogP) is 14.9. The molecule has 3 nitrogen and oxygen atoms in total. The quantitative estimate of drug-likeness (QED) is 0.189. The van der Waals surface area contributed by atoms with E-state index in [1.54, 1.807) is 0 Å². The van der Waals surface area contributed by atoms with Gasteiger partial charge in [-0.2, -0.15) is 0 Å². The summed E-state index contributed by atoms with van der Waals surface area (Å²) in [4.78, 5) is 0. The second kappa shape index (κ2) is 12.8. The van der Waals surface area contributed by atoms with E-state index in [0.717, 1.165) is 18.5 Å². The number of benzene rings is 8. The zero-order valence-electron chi connectivity index (χ0n) is 34.3. The highest BCUT2D eigenvalue weighted by molar-refractivity contribution is 6.14. The number of nitrogens with zero attached hydrogens (tertiary/aromatic N) is 2. The number of rotatable bonds is 4. The van der Waals surface area contributed by atoms with Crippen molar-refractivity contribution < 1.29 is 0 Å². The zero-order chi connectivity index (χ0) is 40.4. The van der Waals surface area contributed by atoms with Crippen LogP contribution in [0.15, 0.2) is 182 Å². The SMILES string of the molecule is CC1(C)c2ccccc2-c2ccc(C3=CC(n4c5ccccc5c5cc(-c6ccc7c(c6)c6c8c(ccc6n7-c6ccccc6)C=CCC8)ccc54)Nc4ccccc43)cc21. The summed E-state index contributed by atoms with van der Waals surface area (Å²) in [6.07, 6.45) is 9.10. The molecule has 0 radical (unpaired) electrons. The van der Waals surface area contributed by atoms with Gasteiger partial charge in [-0.15, -0.1) is 0 Å². The maximum absolute atomic E-state index is 3.97. The first-order chi connectivity index (χ1) is 30.0. The second-order valence-corrected chi connectivity index (χ2v) is 17.6. The number of para-hydroxylation sites is 3. The number of hydrogen-bond acceptors (Lipinski definition) is 1. The largest absolute Gasteiger partial charge is 0.361 e. The molecule has 1 aliphatic heterocycles. The molecule has 3 aliphatic rings. The predicted molar refractivity (Wildman–Crippen MR) is 257 cm³/mol. The molecule has 3 heteroatoms. The molecule has 0 saturated heterocycles. The Morgan fingerprint density at radius 1 is 0.541 bits per heavy atom. The summed E-state index contributed by atoms with van der Waals surface area (Å²) in [6, 6.07) is 63.4. The van der Waals surface area contributed by atoms with Crippen LogP contribution >= 0.6 is 0 Å². The Hall–Kier alpha value is -7.36. The first-order valence-corrected chi connectivity index (χ1v) is 21.7. The third-order valence-corrected chi connectivity index (χ3v) is 14.0. The van der Waals surface area contributed by atoms with Crippen molar-refractivity contribution in [2.45, 2.75) is 38.3 Å². The molecule has 1 N–H and O–H groups in total. The normalized spacial score (nSPS) is 16.0. The number of fused-ring (bicyclic) bond motifs is 12. The highest BCUT2D eigenvalue weighted by atomic mass is 15.2.